The number of carbonyl (C=O) groups is 1. The second-order valence-corrected chi connectivity index (χ2v) is 5.71. The maximum absolute atomic E-state index is 13.5. The van der Waals surface area contributed by atoms with Gasteiger partial charge in [0.15, 0.2) is 0 Å². The van der Waals surface area contributed by atoms with Crippen molar-refractivity contribution >= 4 is 5.91 Å². The maximum atomic E-state index is 13.5. The number of nitrogens with zero attached hydrogens (tertiary/aromatic N) is 1. The van der Waals surface area contributed by atoms with Crippen molar-refractivity contribution < 1.29 is 18.0 Å². The second-order valence-electron chi connectivity index (χ2n) is 5.71. The summed E-state index contributed by atoms with van der Waals surface area (Å²) in [5, 5.41) is 0. The van der Waals surface area contributed by atoms with Crippen molar-refractivity contribution in [2.75, 3.05) is 0 Å². The average molecular weight is 319 g/mol. The minimum absolute atomic E-state index is 0.413. The molecule has 0 N–H and O–H groups in total. The Hall–Kier alpha value is -2.30. The van der Waals surface area contributed by atoms with Crippen LogP contribution in [0.1, 0.15) is 30.0 Å². The zero-order valence-corrected chi connectivity index (χ0v) is 12.5. The van der Waals surface area contributed by atoms with Crippen LogP contribution < -0.4 is 0 Å². The van der Waals surface area contributed by atoms with Crippen LogP contribution in [-0.2, 0) is 4.79 Å². The van der Waals surface area contributed by atoms with Crippen LogP contribution in [0.5, 0.6) is 0 Å². The van der Waals surface area contributed by atoms with E-state index in [9.17, 15) is 18.0 Å². The normalized spacial score (nSPS) is 22.6. The maximum Gasteiger partial charge on any atom is 0.409 e. The molecule has 23 heavy (non-hydrogen) atoms. The van der Waals surface area contributed by atoms with Gasteiger partial charge >= 0.3 is 6.18 Å². The lowest BCUT2D eigenvalue weighted by molar-refractivity contribution is -0.226. The zero-order valence-electron chi connectivity index (χ0n) is 12.5. The highest BCUT2D eigenvalue weighted by Crippen LogP contribution is 2.48. The Morgan fingerprint density at radius 2 is 1.48 bits per heavy atom. The Kier molecular flexibility index (Phi) is 3.88. The monoisotopic (exact) mass is 319 g/mol. The zero-order chi connectivity index (χ0) is 16.6. The van der Waals surface area contributed by atoms with Gasteiger partial charge in [-0.25, -0.2) is 0 Å². The quantitative estimate of drug-likeness (QED) is 0.772. The van der Waals surface area contributed by atoms with Crippen LogP contribution in [-0.4, -0.2) is 23.0 Å². The summed E-state index contributed by atoms with van der Waals surface area (Å²) in [6.07, 6.45) is -4.46. The number of alkyl halides is 3. The van der Waals surface area contributed by atoms with Crippen LogP contribution in [0.25, 0.3) is 0 Å². The van der Waals surface area contributed by atoms with Gasteiger partial charge in [0.2, 0.25) is 5.91 Å². The summed E-state index contributed by atoms with van der Waals surface area (Å²) in [5.41, 5.74) is 1.11. The van der Waals surface area contributed by atoms with E-state index in [1.54, 1.807) is 67.6 Å². The molecule has 1 fully saturated rings. The molecular weight excluding hydrogens is 303 g/mol. The van der Waals surface area contributed by atoms with E-state index in [0.29, 0.717) is 11.1 Å². The van der Waals surface area contributed by atoms with E-state index in [4.69, 9.17) is 0 Å². The van der Waals surface area contributed by atoms with Crippen molar-refractivity contribution in [1.82, 2.24) is 4.90 Å². The standard InChI is InChI=1S/C18H16F3NO/c1-12(13-8-4-2-5-9-13)22-16(18(19,20)21)15(17(22)23)14-10-6-3-7-11-14/h2-12,15-16H,1H3/t12-,15+,16-/m1/s1. The van der Waals surface area contributed by atoms with Crippen LogP contribution in [0.15, 0.2) is 60.7 Å². The number of amides is 1. The van der Waals surface area contributed by atoms with Gasteiger partial charge in [0.1, 0.15) is 6.04 Å². The largest absolute Gasteiger partial charge is 0.409 e. The fourth-order valence-corrected chi connectivity index (χ4v) is 3.17. The summed E-state index contributed by atoms with van der Waals surface area (Å²) < 4.78 is 40.6. The van der Waals surface area contributed by atoms with Crippen LogP contribution >= 0.6 is 0 Å². The lowest BCUT2D eigenvalue weighted by Gasteiger charge is -2.50. The molecule has 1 saturated heterocycles. The van der Waals surface area contributed by atoms with E-state index in [1.165, 1.54) is 0 Å². The van der Waals surface area contributed by atoms with Crippen molar-refractivity contribution in [3.05, 3.63) is 71.8 Å². The van der Waals surface area contributed by atoms with Crippen molar-refractivity contribution in [3.8, 4) is 0 Å². The minimum atomic E-state index is -4.46. The summed E-state index contributed by atoms with van der Waals surface area (Å²) in [5.74, 6) is -1.63. The van der Waals surface area contributed by atoms with Crippen LogP contribution in [0.3, 0.4) is 0 Å². The molecule has 1 aliphatic heterocycles. The Morgan fingerprint density at radius 3 is 2.00 bits per heavy atom. The molecule has 0 bridgehead atoms. The summed E-state index contributed by atoms with van der Waals surface area (Å²) in [6.45, 7) is 1.63. The third-order valence-corrected chi connectivity index (χ3v) is 4.33. The molecular formula is C18H16F3NO. The van der Waals surface area contributed by atoms with E-state index in [-0.39, 0.29) is 0 Å². The molecule has 0 unspecified atom stereocenters. The van der Waals surface area contributed by atoms with Gasteiger partial charge in [0.25, 0.3) is 0 Å². The first-order valence-electron chi connectivity index (χ1n) is 7.40. The van der Waals surface area contributed by atoms with Gasteiger partial charge in [-0.2, -0.15) is 13.2 Å². The van der Waals surface area contributed by atoms with Crippen LogP contribution in [0.4, 0.5) is 13.2 Å². The third kappa shape index (κ3) is 2.71. The number of halogens is 3. The molecule has 0 spiro atoms. The number of hydrogen-bond donors (Lipinski definition) is 0. The van der Waals surface area contributed by atoms with Gasteiger partial charge in [0.05, 0.1) is 12.0 Å². The first-order valence-corrected chi connectivity index (χ1v) is 7.40. The number of hydrogen-bond acceptors (Lipinski definition) is 1. The number of rotatable bonds is 3. The van der Waals surface area contributed by atoms with Crippen molar-refractivity contribution in [2.24, 2.45) is 0 Å². The lowest BCUT2D eigenvalue weighted by Crippen LogP contribution is -2.65. The van der Waals surface area contributed by atoms with Gasteiger partial charge in [0, 0.05) is 0 Å². The summed E-state index contributed by atoms with van der Waals surface area (Å²) in [4.78, 5) is 13.4. The van der Waals surface area contributed by atoms with E-state index < -0.39 is 30.1 Å². The number of likely N-dealkylation sites (tertiary alicyclic amines) is 1. The molecule has 5 heteroatoms. The van der Waals surface area contributed by atoms with Crippen molar-refractivity contribution in [3.63, 3.8) is 0 Å². The first kappa shape index (κ1) is 15.6. The number of carbonyl (C=O) groups excluding carboxylic acids is 1. The van der Waals surface area contributed by atoms with Crippen molar-refractivity contribution in [1.29, 1.82) is 0 Å². The van der Waals surface area contributed by atoms with Gasteiger partial charge in [-0.1, -0.05) is 60.7 Å². The molecule has 2 aromatic carbocycles. The highest BCUT2D eigenvalue weighted by molar-refractivity contribution is 5.91. The molecule has 1 heterocycles. The van der Waals surface area contributed by atoms with Crippen LogP contribution in [0.2, 0.25) is 0 Å². The molecule has 3 atom stereocenters. The molecule has 1 aliphatic rings. The third-order valence-electron chi connectivity index (χ3n) is 4.33. The van der Waals surface area contributed by atoms with Gasteiger partial charge in [-0.15, -0.1) is 0 Å². The van der Waals surface area contributed by atoms with E-state index in [2.05, 4.69) is 0 Å². The number of β-lactam (4-membered cyclic amide) rings is 1. The smallest absolute Gasteiger partial charge is 0.322 e. The van der Waals surface area contributed by atoms with Crippen LogP contribution in [0, 0.1) is 0 Å². The summed E-state index contributed by atoms with van der Waals surface area (Å²) in [6, 6.07) is 14.6. The van der Waals surface area contributed by atoms with E-state index in [1.807, 2.05) is 0 Å². The minimum Gasteiger partial charge on any atom is -0.322 e. The Balaban J connectivity index is 1.94. The average Bonchev–Trinajstić information content (AvgIpc) is 2.53. The summed E-state index contributed by atoms with van der Waals surface area (Å²) in [7, 11) is 0. The highest BCUT2D eigenvalue weighted by atomic mass is 19.4. The Morgan fingerprint density at radius 1 is 0.957 bits per heavy atom. The molecule has 2 nitrogen and oxygen atoms in total. The fraction of sp³-hybridized carbons (Fsp3) is 0.278. The molecule has 2 aromatic rings. The van der Waals surface area contributed by atoms with Gasteiger partial charge in [-0.05, 0) is 18.1 Å². The molecule has 0 aliphatic carbocycles. The highest BCUT2D eigenvalue weighted by Gasteiger charge is 2.62. The van der Waals surface area contributed by atoms with Gasteiger partial charge < -0.3 is 4.90 Å². The van der Waals surface area contributed by atoms with Crippen molar-refractivity contribution in [2.45, 2.75) is 31.1 Å². The summed E-state index contributed by atoms with van der Waals surface area (Å²) >= 11 is 0. The molecule has 0 aromatic heterocycles. The predicted octanol–water partition coefficient (Wildman–Crippen LogP) is 4.30. The fourth-order valence-electron chi connectivity index (χ4n) is 3.17. The van der Waals surface area contributed by atoms with E-state index >= 15 is 0 Å². The van der Waals surface area contributed by atoms with E-state index in [0.717, 1.165) is 4.90 Å². The topological polar surface area (TPSA) is 20.3 Å². The number of benzene rings is 2. The predicted molar refractivity (Wildman–Crippen MR) is 80.7 cm³/mol. The second kappa shape index (κ2) is 5.72. The first-order chi connectivity index (χ1) is 10.9. The molecule has 3 rings (SSSR count). The molecule has 0 saturated carbocycles. The lowest BCUT2D eigenvalue weighted by atomic mass is 9.79. The SMILES string of the molecule is C[C@H](c1ccccc1)N1C(=O)[C@@H](c2ccccc2)[C@@H]1C(F)(F)F. The van der Waals surface area contributed by atoms with Gasteiger partial charge in [-0.3, -0.25) is 4.79 Å². The molecule has 120 valence electrons. The molecule has 0 radical (unpaired) electrons. The Labute approximate surface area is 132 Å². The Bertz CT molecular complexity index is 684. The molecule has 1 amide bonds.